The van der Waals surface area contributed by atoms with E-state index in [1.807, 2.05) is 0 Å². The number of rotatable bonds is 6. The lowest BCUT2D eigenvalue weighted by Crippen LogP contribution is -2.17. The molecule has 0 radical (unpaired) electrons. The summed E-state index contributed by atoms with van der Waals surface area (Å²) < 4.78 is 0. The number of carboxylic acid groups (broad SMARTS) is 1. The minimum atomic E-state index is -0.935. The molecule has 3 nitrogen and oxygen atoms in total. The number of carboxylic acids is 1. The first-order chi connectivity index (χ1) is 7.34. The highest BCUT2D eigenvalue weighted by atomic mass is 32.2. The van der Waals surface area contributed by atoms with Gasteiger partial charge in [0.05, 0.1) is 0 Å². The van der Waals surface area contributed by atoms with Crippen LogP contribution in [0.1, 0.15) is 20.8 Å². The monoisotopic (exact) mass is 249 g/mol. The average Bonchev–Trinajstić information content (AvgIpc) is 2.19. The van der Waals surface area contributed by atoms with Crippen LogP contribution in [0.3, 0.4) is 0 Å². The normalized spacial score (nSPS) is 10.5. The maximum atomic E-state index is 9.60. The predicted octanol–water partition coefficient (Wildman–Crippen LogP) is 2.24. The molecular formula is C12H27NO2S. The highest BCUT2D eigenvalue weighted by Gasteiger charge is 1.97. The smallest absolute Gasteiger partial charge is 0.330 e. The molecule has 0 aromatic heterocycles. The third-order valence-electron chi connectivity index (χ3n) is 2.12. The van der Waals surface area contributed by atoms with Crippen molar-refractivity contribution in [2.75, 3.05) is 37.9 Å². The Labute approximate surface area is 103 Å². The summed E-state index contributed by atoms with van der Waals surface area (Å²) in [6.07, 6.45) is 0. The van der Waals surface area contributed by atoms with Gasteiger partial charge >= 0.3 is 5.97 Å². The van der Waals surface area contributed by atoms with Gasteiger partial charge in [-0.3, -0.25) is 10.9 Å². The van der Waals surface area contributed by atoms with E-state index in [-0.39, 0.29) is 5.57 Å². The fourth-order valence-electron chi connectivity index (χ4n) is 0.881. The highest BCUT2D eigenvalue weighted by molar-refractivity contribution is 8.17. The number of thiol groups is 1. The molecule has 0 aliphatic carbocycles. The van der Waals surface area contributed by atoms with Gasteiger partial charge in [0.25, 0.3) is 0 Å². The van der Waals surface area contributed by atoms with E-state index < -0.39 is 5.97 Å². The largest absolute Gasteiger partial charge is 0.478 e. The van der Waals surface area contributed by atoms with Gasteiger partial charge in [-0.05, 0) is 38.3 Å². The Morgan fingerprint density at radius 1 is 1.31 bits per heavy atom. The van der Waals surface area contributed by atoms with Gasteiger partial charge in [-0.1, -0.05) is 20.4 Å². The molecule has 0 saturated carbocycles. The lowest BCUT2D eigenvalue weighted by atomic mass is 10.4. The van der Waals surface area contributed by atoms with Crippen molar-refractivity contribution in [2.45, 2.75) is 20.8 Å². The number of hydrogen-bond acceptors (Lipinski definition) is 2. The molecule has 0 rings (SSSR count). The zero-order valence-corrected chi connectivity index (χ0v) is 12.2. The maximum Gasteiger partial charge on any atom is 0.330 e. The molecule has 0 fully saturated rings. The molecule has 0 aliphatic heterocycles. The molecule has 98 valence electrons. The van der Waals surface area contributed by atoms with Crippen LogP contribution in [0.25, 0.3) is 0 Å². The summed E-state index contributed by atoms with van der Waals surface area (Å²) in [7, 11) is 4.67. The minimum Gasteiger partial charge on any atom is -0.478 e. The summed E-state index contributed by atoms with van der Waals surface area (Å²) in [6.45, 7) is 10.5. The van der Waals surface area contributed by atoms with Gasteiger partial charge < -0.3 is 10.0 Å². The van der Waals surface area contributed by atoms with E-state index in [1.165, 1.54) is 30.7 Å². The molecule has 0 saturated heterocycles. The van der Waals surface area contributed by atoms with Gasteiger partial charge in [0.1, 0.15) is 0 Å². The molecule has 0 unspecified atom stereocenters. The van der Waals surface area contributed by atoms with Gasteiger partial charge in [0, 0.05) is 12.1 Å². The number of nitrogens with zero attached hydrogens (tertiary/aromatic N) is 1. The lowest BCUT2D eigenvalue weighted by Gasteiger charge is -2.19. The van der Waals surface area contributed by atoms with Gasteiger partial charge in [0.15, 0.2) is 0 Å². The Balaban J connectivity index is 0. The van der Waals surface area contributed by atoms with Crippen LogP contribution >= 0.6 is 10.9 Å². The van der Waals surface area contributed by atoms with E-state index in [0.29, 0.717) is 10.9 Å². The van der Waals surface area contributed by atoms with Crippen LogP contribution in [-0.4, -0.2) is 53.9 Å². The summed E-state index contributed by atoms with van der Waals surface area (Å²) in [4.78, 5) is 11.9. The molecule has 0 atom stereocenters. The van der Waals surface area contributed by atoms with Crippen molar-refractivity contribution in [1.29, 1.82) is 0 Å². The summed E-state index contributed by atoms with van der Waals surface area (Å²) in [6, 6.07) is 0. The summed E-state index contributed by atoms with van der Waals surface area (Å²) >= 11 is 0. The Kier molecular flexibility index (Phi) is 12.3. The van der Waals surface area contributed by atoms with Gasteiger partial charge in [-0.25, -0.2) is 4.79 Å². The quantitative estimate of drug-likeness (QED) is 0.560. The first kappa shape index (κ1) is 17.9. The van der Waals surface area contributed by atoms with Crippen LogP contribution in [0.4, 0.5) is 0 Å². The van der Waals surface area contributed by atoms with Crippen LogP contribution in [-0.2, 0) is 4.79 Å². The third-order valence-corrected chi connectivity index (χ3v) is 4.74. The van der Waals surface area contributed by atoms with Crippen molar-refractivity contribution in [3.8, 4) is 0 Å². The molecule has 0 aromatic carbocycles. The predicted molar refractivity (Wildman–Crippen MR) is 75.9 cm³/mol. The van der Waals surface area contributed by atoms with E-state index >= 15 is 0 Å². The average molecular weight is 249 g/mol. The topological polar surface area (TPSA) is 40.5 Å². The molecule has 0 aliphatic rings. The van der Waals surface area contributed by atoms with Crippen LogP contribution < -0.4 is 0 Å². The zero-order valence-electron chi connectivity index (χ0n) is 11.3. The van der Waals surface area contributed by atoms with Crippen LogP contribution in [0.2, 0.25) is 0 Å². The first-order valence-electron chi connectivity index (χ1n) is 5.60. The SMILES string of the molecule is C=C(C)C(=O)O.CC[SH](CC)CCN(C)C. The van der Waals surface area contributed by atoms with Crippen molar-refractivity contribution in [1.82, 2.24) is 4.90 Å². The van der Waals surface area contributed by atoms with Gasteiger partial charge in [-0.2, -0.15) is 0 Å². The first-order valence-corrected chi connectivity index (χ1v) is 7.50. The number of hydrogen-bond donors (Lipinski definition) is 2. The lowest BCUT2D eigenvalue weighted by molar-refractivity contribution is -0.132. The van der Waals surface area contributed by atoms with Crippen molar-refractivity contribution >= 4 is 16.9 Å². The van der Waals surface area contributed by atoms with Crippen LogP contribution in [0.15, 0.2) is 12.2 Å². The summed E-state index contributed by atoms with van der Waals surface area (Å²) in [5.74, 6) is 3.30. The van der Waals surface area contributed by atoms with Gasteiger partial charge in [0.2, 0.25) is 0 Å². The Morgan fingerprint density at radius 2 is 1.69 bits per heavy atom. The zero-order chi connectivity index (χ0) is 13.1. The Morgan fingerprint density at radius 3 is 1.88 bits per heavy atom. The number of aliphatic carboxylic acids is 1. The van der Waals surface area contributed by atoms with Crippen LogP contribution in [0.5, 0.6) is 0 Å². The van der Waals surface area contributed by atoms with Crippen molar-refractivity contribution < 1.29 is 9.90 Å². The molecule has 16 heavy (non-hydrogen) atoms. The number of carbonyl (C=O) groups is 1. The van der Waals surface area contributed by atoms with Crippen molar-refractivity contribution in [3.63, 3.8) is 0 Å². The molecule has 4 heteroatoms. The molecule has 0 amide bonds. The van der Waals surface area contributed by atoms with E-state index in [0.717, 1.165) is 0 Å². The molecular weight excluding hydrogens is 222 g/mol. The maximum absolute atomic E-state index is 9.60. The minimum absolute atomic E-state index is 0.176. The second-order valence-corrected chi connectivity index (χ2v) is 6.97. The molecule has 1 N–H and O–H groups in total. The van der Waals surface area contributed by atoms with Crippen LogP contribution in [0, 0.1) is 0 Å². The Hall–Kier alpha value is -0.480. The summed E-state index contributed by atoms with van der Waals surface area (Å²) in [5, 5.41) is 7.89. The van der Waals surface area contributed by atoms with Gasteiger partial charge in [-0.15, -0.1) is 0 Å². The van der Waals surface area contributed by atoms with E-state index in [1.54, 1.807) is 0 Å². The fraction of sp³-hybridized carbons (Fsp3) is 0.750. The summed E-state index contributed by atoms with van der Waals surface area (Å²) in [5.41, 5.74) is 0.176. The fourth-order valence-corrected chi connectivity index (χ4v) is 2.64. The Bertz CT molecular complexity index is 189. The second kappa shape index (κ2) is 11.0. The van der Waals surface area contributed by atoms with E-state index in [2.05, 4.69) is 39.4 Å². The molecule has 0 bridgehead atoms. The molecule has 0 heterocycles. The molecule has 0 aromatic rings. The van der Waals surface area contributed by atoms with E-state index in [4.69, 9.17) is 5.11 Å². The highest BCUT2D eigenvalue weighted by Crippen LogP contribution is 2.22. The van der Waals surface area contributed by atoms with Crippen molar-refractivity contribution in [2.24, 2.45) is 0 Å². The standard InChI is InChI=1S/C8H21NS.C4H6O2/c1-5-10(6-2)8-7-9(3)4;1-3(2)4(5)6/h10H,5-8H2,1-4H3;1H2,2H3,(H,5,6). The molecule has 0 spiro atoms. The van der Waals surface area contributed by atoms with Crippen molar-refractivity contribution in [3.05, 3.63) is 12.2 Å². The third kappa shape index (κ3) is 13.5. The van der Waals surface area contributed by atoms with E-state index in [9.17, 15) is 4.79 Å². The second-order valence-electron chi connectivity index (χ2n) is 3.92.